The number of ether oxygens (including phenoxy) is 1. The van der Waals surface area contributed by atoms with E-state index in [1.54, 1.807) is 0 Å². The molecule has 1 aromatic heterocycles. The van der Waals surface area contributed by atoms with Gasteiger partial charge in [0, 0.05) is 12.1 Å². The number of hydrogen-bond donors (Lipinski definition) is 2. The molecule has 1 unspecified atom stereocenters. The average Bonchev–Trinajstić information content (AvgIpc) is 3.06. The molecule has 0 spiro atoms. The average molecular weight is 418 g/mol. The second-order valence-electron chi connectivity index (χ2n) is 5.12. The number of carbonyl (C=O) groups excluding carboxylic acids is 2. The summed E-state index contributed by atoms with van der Waals surface area (Å²) in [5, 5.41) is 17.3. The highest BCUT2D eigenvalue weighted by Crippen LogP contribution is 2.27. The Kier molecular flexibility index (Phi) is 5.83. The van der Waals surface area contributed by atoms with E-state index < -0.39 is 43.8 Å². The van der Waals surface area contributed by atoms with Crippen LogP contribution in [-0.2, 0) is 19.6 Å². The first-order valence-corrected chi connectivity index (χ1v) is 9.00. The van der Waals surface area contributed by atoms with Gasteiger partial charge >= 0.3 is 5.97 Å². The second-order valence-corrected chi connectivity index (χ2v) is 7.02. The number of benzene rings is 1. The van der Waals surface area contributed by atoms with Crippen molar-refractivity contribution < 1.29 is 32.1 Å². The van der Waals surface area contributed by atoms with Gasteiger partial charge in [0.05, 0.1) is 15.6 Å². The van der Waals surface area contributed by atoms with E-state index >= 15 is 0 Å². The van der Waals surface area contributed by atoms with Gasteiger partial charge in [0.2, 0.25) is 10.9 Å². The lowest BCUT2D eigenvalue weighted by atomic mass is 10.2. The van der Waals surface area contributed by atoms with Crippen LogP contribution in [0.4, 0.5) is 11.4 Å². The number of nitrogens with two attached hydrogens (primary N) is 1. The quantitative estimate of drug-likeness (QED) is 0.405. The van der Waals surface area contributed by atoms with Crippen LogP contribution in [0.2, 0.25) is 5.02 Å². The molecule has 0 saturated carbocycles. The Morgan fingerprint density at radius 1 is 1.33 bits per heavy atom. The fourth-order valence-electron chi connectivity index (χ4n) is 1.81. The third-order valence-corrected chi connectivity index (χ3v) is 4.24. The minimum Gasteiger partial charge on any atom is -0.447 e. The summed E-state index contributed by atoms with van der Waals surface area (Å²) in [5.74, 6) is -2.42. The number of nitrogens with zero attached hydrogens (tertiary/aromatic N) is 1. The number of amides is 1. The fourth-order valence-corrected chi connectivity index (χ4v) is 2.44. The molecule has 144 valence electrons. The summed E-state index contributed by atoms with van der Waals surface area (Å²) in [6, 6.07) is 5.40. The van der Waals surface area contributed by atoms with Crippen LogP contribution in [0.1, 0.15) is 17.5 Å². The summed E-state index contributed by atoms with van der Waals surface area (Å²) >= 11 is 5.87. The number of halogens is 1. The zero-order chi connectivity index (χ0) is 20.4. The standard InChI is InChI=1S/C14H12ClN3O8S/c1-7(25-14(20)11-4-5-12(26-11)27(16,23)24)13(19)17-10-6-8(18(21)22)2-3-9(10)15/h2-7H,1H3,(H,17,19)(H2,16,23,24). The van der Waals surface area contributed by atoms with Crippen molar-refractivity contribution in [1.82, 2.24) is 0 Å². The third kappa shape index (κ3) is 5.03. The molecule has 3 N–H and O–H groups in total. The maximum Gasteiger partial charge on any atom is 0.375 e. The highest BCUT2D eigenvalue weighted by Gasteiger charge is 2.24. The number of esters is 1. The molecule has 13 heteroatoms. The lowest BCUT2D eigenvalue weighted by molar-refractivity contribution is -0.384. The first kappa shape index (κ1) is 20.4. The molecule has 1 atom stereocenters. The summed E-state index contributed by atoms with van der Waals surface area (Å²) in [6.07, 6.45) is -1.35. The SMILES string of the molecule is CC(OC(=O)c1ccc(S(N)(=O)=O)o1)C(=O)Nc1cc([N+](=O)[O-])ccc1Cl. The number of sulfonamides is 1. The van der Waals surface area contributed by atoms with Gasteiger partial charge < -0.3 is 14.5 Å². The number of hydrogen-bond acceptors (Lipinski definition) is 8. The van der Waals surface area contributed by atoms with E-state index in [4.69, 9.17) is 25.9 Å². The summed E-state index contributed by atoms with van der Waals surface area (Å²) in [4.78, 5) is 34.1. The Balaban J connectivity index is 2.07. The van der Waals surface area contributed by atoms with E-state index in [0.29, 0.717) is 0 Å². The summed E-state index contributed by atoms with van der Waals surface area (Å²) < 4.78 is 31.8. The van der Waals surface area contributed by atoms with Gasteiger partial charge in [0.15, 0.2) is 6.10 Å². The van der Waals surface area contributed by atoms with Gasteiger partial charge in [0.25, 0.3) is 21.6 Å². The normalized spacial score (nSPS) is 12.3. The number of rotatable bonds is 6. The third-order valence-electron chi connectivity index (χ3n) is 3.13. The van der Waals surface area contributed by atoms with Crippen LogP contribution in [0.15, 0.2) is 39.8 Å². The zero-order valence-electron chi connectivity index (χ0n) is 13.5. The minimum atomic E-state index is -4.14. The molecule has 0 aliphatic heterocycles. The van der Waals surface area contributed by atoms with Crippen molar-refractivity contribution in [3.8, 4) is 0 Å². The molecular formula is C14H12ClN3O8S. The number of nitro benzene ring substituents is 1. The van der Waals surface area contributed by atoms with E-state index in [0.717, 1.165) is 24.3 Å². The molecule has 11 nitrogen and oxygen atoms in total. The largest absolute Gasteiger partial charge is 0.447 e. The van der Waals surface area contributed by atoms with Gasteiger partial charge in [-0.25, -0.2) is 18.4 Å². The van der Waals surface area contributed by atoms with Crippen molar-refractivity contribution in [2.24, 2.45) is 5.14 Å². The molecule has 2 aromatic rings. The van der Waals surface area contributed by atoms with Crippen LogP contribution < -0.4 is 10.5 Å². The van der Waals surface area contributed by atoms with E-state index in [1.807, 2.05) is 0 Å². The Morgan fingerprint density at radius 3 is 2.56 bits per heavy atom. The molecule has 0 bridgehead atoms. The van der Waals surface area contributed by atoms with Crippen LogP contribution in [0, 0.1) is 10.1 Å². The lowest BCUT2D eigenvalue weighted by Crippen LogP contribution is -2.30. The van der Waals surface area contributed by atoms with E-state index in [9.17, 15) is 28.1 Å². The van der Waals surface area contributed by atoms with Gasteiger partial charge in [-0.05, 0) is 25.1 Å². The van der Waals surface area contributed by atoms with Crippen molar-refractivity contribution in [1.29, 1.82) is 0 Å². The maximum atomic E-state index is 12.1. The second kappa shape index (κ2) is 7.73. The number of carbonyl (C=O) groups is 2. The summed E-state index contributed by atoms with van der Waals surface area (Å²) in [5.41, 5.74) is -0.348. The van der Waals surface area contributed by atoms with Crippen LogP contribution in [-0.4, -0.2) is 31.3 Å². The van der Waals surface area contributed by atoms with Crippen molar-refractivity contribution in [2.45, 2.75) is 18.1 Å². The number of nitrogens with one attached hydrogen (secondary N) is 1. The van der Waals surface area contributed by atoms with Gasteiger partial charge in [-0.2, -0.15) is 0 Å². The van der Waals surface area contributed by atoms with Gasteiger partial charge in [0.1, 0.15) is 0 Å². The van der Waals surface area contributed by atoms with Crippen LogP contribution in [0.5, 0.6) is 0 Å². The molecule has 0 fully saturated rings. The molecule has 0 saturated heterocycles. The van der Waals surface area contributed by atoms with Crippen LogP contribution in [0.25, 0.3) is 0 Å². The van der Waals surface area contributed by atoms with E-state index in [1.165, 1.54) is 13.0 Å². The van der Waals surface area contributed by atoms with Crippen molar-refractivity contribution in [3.63, 3.8) is 0 Å². The molecule has 0 radical (unpaired) electrons. The lowest BCUT2D eigenvalue weighted by Gasteiger charge is -2.13. The minimum absolute atomic E-state index is 0.0382. The van der Waals surface area contributed by atoms with Crippen LogP contribution >= 0.6 is 11.6 Å². The highest BCUT2D eigenvalue weighted by molar-refractivity contribution is 7.89. The molecule has 1 amide bonds. The molecule has 1 aromatic carbocycles. The maximum absolute atomic E-state index is 12.1. The molecular weight excluding hydrogens is 406 g/mol. The Labute approximate surface area is 157 Å². The molecule has 0 aliphatic carbocycles. The highest BCUT2D eigenvalue weighted by atomic mass is 35.5. The molecule has 27 heavy (non-hydrogen) atoms. The molecule has 2 rings (SSSR count). The Hall–Kier alpha value is -2.96. The Bertz CT molecular complexity index is 1020. The van der Waals surface area contributed by atoms with Crippen molar-refractivity contribution in [3.05, 3.63) is 51.2 Å². The topological polar surface area (TPSA) is 172 Å². The number of anilines is 1. The van der Waals surface area contributed by atoms with Crippen molar-refractivity contribution >= 4 is 44.9 Å². The Morgan fingerprint density at radius 2 is 2.00 bits per heavy atom. The van der Waals surface area contributed by atoms with Crippen molar-refractivity contribution in [2.75, 3.05) is 5.32 Å². The molecule has 0 aliphatic rings. The number of non-ortho nitro benzene ring substituents is 1. The molecule has 1 heterocycles. The number of nitro groups is 1. The van der Waals surface area contributed by atoms with E-state index in [2.05, 4.69) is 5.32 Å². The fraction of sp³-hybridized carbons (Fsp3) is 0.143. The van der Waals surface area contributed by atoms with Gasteiger partial charge in [-0.15, -0.1) is 0 Å². The van der Waals surface area contributed by atoms with Gasteiger partial charge in [-0.1, -0.05) is 11.6 Å². The van der Waals surface area contributed by atoms with Crippen LogP contribution in [0.3, 0.4) is 0 Å². The summed E-state index contributed by atoms with van der Waals surface area (Å²) in [7, 11) is -4.14. The van der Waals surface area contributed by atoms with Gasteiger partial charge in [-0.3, -0.25) is 14.9 Å². The smallest absolute Gasteiger partial charge is 0.375 e. The number of furan rings is 1. The first-order chi connectivity index (χ1) is 12.5. The predicted octanol–water partition coefficient (Wildman–Crippen LogP) is 1.67. The predicted molar refractivity (Wildman–Crippen MR) is 91.7 cm³/mol. The summed E-state index contributed by atoms with van der Waals surface area (Å²) in [6.45, 7) is 1.22. The monoisotopic (exact) mass is 417 g/mol. The first-order valence-electron chi connectivity index (χ1n) is 7.07. The number of primary sulfonamides is 1. The van der Waals surface area contributed by atoms with E-state index in [-0.39, 0.29) is 16.4 Å². The zero-order valence-corrected chi connectivity index (χ0v) is 15.1.